The Hall–Kier alpha value is -2.16. The SMILES string of the molecule is CN(c1ccc(C(=O)N2CCN(C=O)CC2)cn1)C1CCS(=O)(=O)C1. The fourth-order valence-electron chi connectivity index (χ4n) is 3.20. The molecule has 0 bridgehead atoms. The van der Waals surface area contributed by atoms with E-state index < -0.39 is 9.84 Å². The summed E-state index contributed by atoms with van der Waals surface area (Å²) in [7, 11) is -1.12. The molecule has 0 N–H and O–H groups in total. The molecule has 8 nitrogen and oxygen atoms in total. The van der Waals surface area contributed by atoms with Gasteiger partial charge in [0.15, 0.2) is 9.84 Å². The van der Waals surface area contributed by atoms with Gasteiger partial charge < -0.3 is 14.7 Å². The summed E-state index contributed by atoms with van der Waals surface area (Å²) < 4.78 is 23.2. The van der Waals surface area contributed by atoms with Crippen LogP contribution in [0.15, 0.2) is 18.3 Å². The molecule has 1 aromatic rings. The van der Waals surface area contributed by atoms with E-state index >= 15 is 0 Å². The number of hydrogen-bond acceptors (Lipinski definition) is 6. The van der Waals surface area contributed by atoms with E-state index in [-0.39, 0.29) is 23.5 Å². The van der Waals surface area contributed by atoms with E-state index in [9.17, 15) is 18.0 Å². The van der Waals surface area contributed by atoms with Gasteiger partial charge >= 0.3 is 0 Å². The minimum atomic E-state index is -2.95. The van der Waals surface area contributed by atoms with Crippen LogP contribution >= 0.6 is 0 Å². The summed E-state index contributed by atoms with van der Waals surface area (Å²) in [6, 6.07) is 3.40. The highest BCUT2D eigenvalue weighted by Crippen LogP contribution is 2.21. The molecule has 3 heterocycles. The summed E-state index contributed by atoms with van der Waals surface area (Å²) in [5, 5.41) is 0. The van der Waals surface area contributed by atoms with E-state index in [4.69, 9.17) is 0 Å². The molecule has 0 aliphatic carbocycles. The van der Waals surface area contributed by atoms with E-state index in [0.717, 1.165) is 6.41 Å². The Morgan fingerprint density at radius 2 is 2.00 bits per heavy atom. The minimum Gasteiger partial charge on any atom is -0.356 e. The van der Waals surface area contributed by atoms with Crippen LogP contribution in [0.3, 0.4) is 0 Å². The van der Waals surface area contributed by atoms with Crippen LogP contribution in [0.4, 0.5) is 5.82 Å². The van der Waals surface area contributed by atoms with Crippen LogP contribution in [0.5, 0.6) is 0 Å². The molecule has 0 saturated carbocycles. The molecule has 0 radical (unpaired) electrons. The second-order valence-electron chi connectivity index (χ2n) is 6.51. The number of amides is 2. The third kappa shape index (κ3) is 3.92. The quantitative estimate of drug-likeness (QED) is 0.675. The number of nitrogens with zero attached hydrogens (tertiary/aromatic N) is 4. The number of sulfone groups is 1. The first kappa shape index (κ1) is 17.7. The molecule has 2 aliphatic heterocycles. The molecule has 1 aromatic heterocycles. The Morgan fingerprint density at radius 3 is 2.52 bits per heavy atom. The van der Waals surface area contributed by atoms with E-state index in [0.29, 0.717) is 44.0 Å². The fraction of sp³-hybridized carbons (Fsp3) is 0.562. The van der Waals surface area contributed by atoms with Gasteiger partial charge in [-0.25, -0.2) is 13.4 Å². The van der Waals surface area contributed by atoms with Crippen LogP contribution in [-0.2, 0) is 14.6 Å². The number of aromatic nitrogens is 1. The molecule has 1 unspecified atom stereocenters. The van der Waals surface area contributed by atoms with Crippen molar-refractivity contribution in [1.29, 1.82) is 0 Å². The summed E-state index contributed by atoms with van der Waals surface area (Å²) in [6.45, 7) is 2.11. The first-order valence-corrected chi connectivity index (χ1v) is 10.1. The molecule has 2 amide bonds. The van der Waals surface area contributed by atoms with Gasteiger partial charge in [0.2, 0.25) is 6.41 Å². The van der Waals surface area contributed by atoms with Gasteiger partial charge in [0.1, 0.15) is 5.82 Å². The second-order valence-corrected chi connectivity index (χ2v) is 8.74. The van der Waals surface area contributed by atoms with Crippen LogP contribution in [0, 0.1) is 0 Å². The zero-order chi connectivity index (χ0) is 18.0. The smallest absolute Gasteiger partial charge is 0.255 e. The lowest BCUT2D eigenvalue weighted by Crippen LogP contribution is -2.48. The van der Waals surface area contributed by atoms with Crippen molar-refractivity contribution in [3.63, 3.8) is 0 Å². The average molecular weight is 366 g/mol. The standard InChI is InChI=1S/C16H22N4O4S/c1-18(14-4-9-25(23,24)11-14)15-3-2-13(10-17-15)16(22)20-7-5-19(12-21)6-8-20/h2-3,10,12,14H,4-9,11H2,1H3. The van der Waals surface area contributed by atoms with Crippen LogP contribution < -0.4 is 4.90 Å². The Labute approximate surface area is 147 Å². The topological polar surface area (TPSA) is 90.9 Å². The summed E-state index contributed by atoms with van der Waals surface area (Å²) in [5.74, 6) is 0.915. The maximum Gasteiger partial charge on any atom is 0.255 e. The molecule has 0 aromatic carbocycles. The van der Waals surface area contributed by atoms with Crippen molar-refractivity contribution in [3.8, 4) is 0 Å². The lowest BCUT2D eigenvalue weighted by atomic mass is 10.2. The molecular weight excluding hydrogens is 344 g/mol. The molecule has 2 aliphatic rings. The van der Waals surface area contributed by atoms with E-state index in [1.54, 1.807) is 21.9 Å². The highest BCUT2D eigenvalue weighted by atomic mass is 32.2. The molecule has 9 heteroatoms. The zero-order valence-electron chi connectivity index (χ0n) is 14.2. The van der Waals surface area contributed by atoms with Crippen molar-refractivity contribution in [2.75, 3.05) is 49.6 Å². The van der Waals surface area contributed by atoms with Crippen LogP contribution in [0.2, 0.25) is 0 Å². The number of hydrogen-bond donors (Lipinski definition) is 0. The second kappa shape index (κ2) is 6.99. The zero-order valence-corrected chi connectivity index (χ0v) is 15.0. The van der Waals surface area contributed by atoms with Crippen LogP contribution in [-0.4, -0.2) is 86.3 Å². The van der Waals surface area contributed by atoms with E-state index in [1.165, 1.54) is 6.20 Å². The van der Waals surface area contributed by atoms with Gasteiger partial charge in [-0.3, -0.25) is 9.59 Å². The molecule has 2 fully saturated rings. The normalized spacial score (nSPS) is 22.7. The molecule has 1 atom stereocenters. The molecule has 136 valence electrons. The van der Waals surface area contributed by atoms with Crippen molar-refractivity contribution >= 4 is 28.0 Å². The predicted octanol–water partition coefficient (Wildman–Crippen LogP) is -0.381. The van der Waals surface area contributed by atoms with E-state index in [1.807, 2.05) is 11.9 Å². The fourth-order valence-corrected chi connectivity index (χ4v) is 4.98. The van der Waals surface area contributed by atoms with Gasteiger partial charge in [0, 0.05) is 45.5 Å². The minimum absolute atomic E-state index is 0.0736. The molecule has 2 saturated heterocycles. The first-order valence-electron chi connectivity index (χ1n) is 8.27. The summed E-state index contributed by atoms with van der Waals surface area (Å²) in [4.78, 5) is 32.8. The van der Waals surface area contributed by atoms with Gasteiger partial charge in [0.05, 0.1) is 17.1 Å². The molecular formula is C16H22N4O4S. The number of rotatable bonds is 4. The molecule has 0 spiro atoms. The maximum atomic E-state index is 12.5. The Morgan fingerprint density at radius 1 is 1.28 bits per heavy atom. The number of anilines is 1. The van der Waals surface area contributed by atoms with Crippen molar-refractivity contribution in [2.24, 2.45) is 0 Å². The average Bonchev–Trinajstić information content (AvgIpc) is 3.00. The van der Waals surface area contributed by atoms with Gasteiger partial charge in [-0.15, -0.1) is 0 Å². The number of piperazine rings is 1. The van der Waals surface area contributed by atoms with Gasteiger partial charge in [-0.2, -0.15) is 0 Å². The van der Waals surface area contributed by atoms with Crippen LogP contribution in [0.1, 0.15) is 16.8 Å². The first-order chi connectivity index (χ1) is 11.9. The maximum absolute atomic E-state index is 12.5. The van der Waals surface area contributed by atoms with Crippen molar-refractivity contribution in [3.05, 3.63) is 23.9 Å². The summed E-state index contributed by atoms with van der Waals surface area (Å²) in [6.07, 6.45) is 2.93. The van der Waals surface area contributed by atoms with Gasteiger partial charge in [-0.1, -0.05) is 0 Å². The highest BCUT2D eigenvalue weighted by Gasteiger charge is 2.31. The Balaban J connectivity index is 1.64. The van der Waals surface area contributed by atoms with Crippen molar-refractivity contribution in [2.45, 2.75) is 12.5 Å². The third-order valence-corrected chi connectivity index (χ3v) is 6.61. The van der Waals surface area contributed by atoms with E-state index in [2.05, 4.69) is 4.98 Å². The van der Waals surface area contributed by atoms with Gasteiger partial charge in [0.25, 0.3) is 5.91 Å². The lowest BCUT2D eigenvalue weighted by molar-refractivity contribution is -0.119. The lowest BCUT2D eigenvalue weighted by Gasteiger charge is -2.32. The Kier molecular flexibility index (Phi) is 4.94. The largest absolute Gasteiger partial charge is 0.356 e. The number of pyridine rings is 1. The molecule has 3 rings (SSSR count). The molecule has 25 heavy (non-hydrogen) atoms. The van der Waals surface area contributed by atoms with Crippen LogP contribution in [0.25, 0.3) is 0 Å². The van der Waals surface area contributed by atoms with Crippen molar-refractivity contribution < 1.29 is 18.0 Å². The third-order valence-electron chi connectivity index (χ3n) is 4.86. The summed E-state index contributed by atoms with van der Waals surface area (Å²) >= 11 is 0. The number of carbonyl (C=O) groups excluding carboxylic acids is 2. The van der Waals surface area contributed by atoms with Crippen molar-refractivity contribution in [1.82, 2.24) is 14.8 Å². The summed E-state index contributed by atoms with van der Waals surface area (Å²) in [5.41, 5.74) is 0.496. The highest BCUT2D eigenvalue weighted by molar-refractivity contribution is 7.91. The monoisotopic (exact) mass is 366 g/mol. The Bertz CT molecular complexity index is 742. The number of carbonyl (C=O) groups is 2. The van der Waals surface area contributed by atoms with Gasteiger partial charge in [-0.05, 0) is 18.6 Å². The predicted molar refractivity (Wildman–Crippen MR) is 93.2 cm³/mol.